The van der Waals surface area contributed by atoms with Gasteiger partial charge in [-0.3, -0.25) is 0 Å². The molecule has 0 aliphatic rings. The summed E-state index contributed by atoms with van der Waals surface area (Å²) in [5, 5.41) is 0.768. The minimum atomic E-state index is 0.0127. The van der Waals surface area contributed by atoms with Gasteiger partial charge in [-0.25, -0.2) is 0 Å². The molecule has 2 heteroatoms. The Morgan fingerprint density at radius 3 is 2.25 bits per heavy atom. The first-order chi connectivity index (χ1) is 5.63. The average molecular weight is 203 g/mol. The van der Waals surface area contributed by atoms with Crippen molar-refractivity contribution in [1.82, 2.24) is 0 Å². The van der Waals surface area contributed by atoms with Crippen molar-refractivity contribution in [2.45, 2.75) is 19.2 Å². The van der Waals surface area contributed by atoms with Gasteiger partial charge in [0.05, 0.1) is 5.38 Å². The summed E-state index contributed by atoms with van der Waals surface area (Å²) < 4.78 is 0. The molecule has 0 aliphatic heterocycles. The normalized spacial score (nSPS) is 13.4. The molecule has 0 amide bonds. The number of halogens is 2. The molecule has 1 rings (SSSR count). The van der Waals surface area contributed by atoms with E-state index in [0.29, 0.717) is 5.92 Å². The van der Waals surface area contributed by atoms with E-state index >= 15 is 0 Å². The van der Waals surface area contributed by atoms with Gasteiger partial charge < -0.3 is 0 Å². The van der Waals surface area contributed by atoms with E-state index in [0.717, 1.165) is 10.6 Å². The highest BCUT2D eigenvalue weighted by molar-refractivity contribution is 6.32. The lowest BCUT2D eigenvalue weighted by Gasteiger charge is -2.14. The summed E-state index contributed by atoms with van der Waals surface area (Å²) in [6, 6.07) is 7.71. The topological polar surface area (TPSA) is 0 Å². The van der Waals surface area contributed by atoms with Crippen LogP contribution in [0.2, 0.25) is 5.02 Å². The van der Waals surface area contributed by atoms with Crippen molar-refractivity contribution in [2.75, 3.05) is 0 Å². The molecule has 1 unspecified atom stereocenters. The molecule has 66 valence electrons. The number of hydrogen-bond acceptors (Lipinski definition) is 0. The number of rotatable bonds is 2. The van der Waals surface area contributed by atoms with Crippen molar-refractivity contribution in [3.05, 3.63) is 34.9 Å². The molecule has 0 saturated carbocycles. The molecule has 0 N–H and O–H groups in total. The van der Waals surface area contributed by atoms with Crippen molar-refractivity contribution >= 4 is 23.2 Å². The zero-order chi connectivity index (χ0) is 9.14. The first-order valence-electron chi connectivity index (χ1n) is 4.01. The third-order valence-electron chi connectivity index (χ3n) is 1.79. The van der Waals surface area contributed by atoms with Crippen molar-refractivity contribution in [3.63, 3.8) is 0 Å². The van der Waals surface area contributed by atoms with E-state index in [4.69, 9.17) is 23.2 Å². The van der Waals surface area contributed by atoms with E-state index in [1.165, 1.54) is 0 Å². The standard InChI is InChI=1S/C10H12Cl2/c1-7(2)10(12)8-5-3-4-6-9(8)11/h3-7,10H,1-2H3. The van der Waals surface area contributed by atoms with Crippen LogP contribution < -0.4 is 0 Å². The van der Waals surface area contributed by atoms with Gasteiger partial charge in [0.15, 0.2) is 0 Å². The lowest BCUT2D eigenvalue weighted by Crippen LogP contribution is -1.99. The van der Waals surface area contributed by atoms with E-state index in [2.05, 4.69) is 13.8 Å². The lowest BCUT2D eigenvalue weighted by molar-refractivity contribution is 0.624. The molecule has 0 heterocycles. The van der Waals surface area contributed by atoms with Crippen molar-refractivity contribution < 1.29 is 0 Å². The quantitative estimate of drug-likeness (QED) is 0.629. The first kappa shape index (κ1) is 9.88. The van der Waals surface area contributed by atoms with Crippen LogP contribution in [0, 0.1) is 5.92 Å². The second kappa shape index (κ2) is 4.15. The van der Waals surface area contributed by atoms with Crippen LogP contribution in [0.1, 0.15) is 24.8 Å². The summed E-state index contributed by atoms with van der Waals surface area (Å²) in [4.78, 5) is 0. The molecule has 0 fully saturated rings. The van der Waals surface area contributed by atoms with E-state index in [1.54, 1.807) is 0 Å². The Morgan fingerprint density at radius 2 is 1.75 bits per heavy atom. The minimum Gasteiger partial charge on any atom is -0.117 e. The summed E-state index contributed by atoms with van der Waals surface area (Å²) in [6.07, 6.45) is 0. The molecule has 0 spiro atoms. The van der Waals surface area contributed by atoms with E-state index in [-0.39, 0.29) is 5.38 Å². The molecule has 0 saturated heterocycles. The molecular weight excluding hydrogens is 191 g/mol. The Balaban J connectivity index is 2.94. The Kier molecular flexibility index (Phi) is 3.42. The van der Waals surface area contributed by atoms with Gasteiger partial charge in [0.25, 0.3) is 0 Å². The van der Waals surface area contributed by atoms with Gasteiger partial charge >= 0.3 is 0 Å². The SMILES string of the molecule is CC(C)C(Cl)c1ccccc1Cl. The van der Waals surface area contributed by atoms with Crippen molar-refractivity contribution in [3.8, 4) is 0 Å². The van der Waals surface area contributed by atoms with E-state index < -0.39 is 0 Å². The molecular formula is C10H12Cl2. The van der Waals surface area contributed by atoms with Crippen LogP contribution in [0.25, 0.3) is 0 Å². The predicted molar refractivity (Wildman–Crippen MR) is 54.9 cm³/mol. The maximum absolute atomic E-state index is 6.16. The fourth-order valence-electron chi connectivity index (χ4n) is 1.06. The second-order valence-corrected chi connectivity index (χ2v) is 4.04. The van der Waals surface area contributed by atoms with Gasteiger partial charge in [0, 0.05) is 5.02 Å². The van der Waals surface area contributed by atoms with Crippen LogP contribution in [0.5, 0.6) is 0 Å². The van der Waals surface area contributed by atoms with Crippen LogP contribution in [0.4, 0.5) is 0 Å². The fourth-order valence-corrected chi connectivity index (χ4v) is 1.56. The third-order valence-corrected chi connectivity index (χ3v) is 2.87. The Bertz CT molecular complexity index is 256. The molecule has 12 heavy (non-hydrogen) atoms. The largest absolute Gasteiger partial charge is 0.117 e. The van der Waals surface area contributed by atoms with Crippen LogP contribution in [-0.4, -0.2) is 0 Å². The third kappa shape index (κ3) is 2.15. The zero-order valence-corrected chi connectivity index (χ0v) is 8.73. The smallest absolute Gasteiger partial charge is 0.0622 e. The average Bonchev–Trinajstić information content (AvgIpc) is 2.04. The molecule has 0 radical (unpaired) electrons. The highest BCUT2D eigenvalue weighted by atomic mass is 35.5. The number of alkyl halides is 1. The number of benzene rings is 1. The van der Waals surface area contributed by atoms with Crippen molar-refractivity contribution in [2.24, 2.45) is 5.92 Å². The van der Waals surface area contributed by atoms with Gasteiger partial charge in [0.1, 0.15) is 0 Å². The highest BCUT2D eigenvalue weighted by Gasteiger charge is 2.14. The molecule has 1 aromatic rings. The lowest BCUT2D eigenvalue weighted by atomic mass is 10.0. The van der Waals surface area contributed by atoms with Gasteiger partial charge in [-0.2, -0.15) is 0 Å². The number of hydrogen-bond donors (Lipinski definition) is 0. The summed E-state index contributed by atoms with van der Waals surface area (Å²) >= 11 is 12.1. The second-order valence-electron chi connectivity index (χ2n) is 3.17. The van der Waals surface area contributed by atoms with Crippen LogP contribution in [-0.2, 0) is 0 Å². The molecule has 1 atom stereocenters. The van der Waals surface area contributed by atoms with Gasteiger partial charge in [0.2, 0.25) is 0 Å². The van der Waals surface area contributed by atoms with Crippen molar-refractivity contribution in [1.29, 1.82) is 0 Å². The first-order valence-corrected chi connectivity index (χ1v) is 4.83. The highest BCUT2D eigenvalue weighted by Crippen LogP contribution is 2.32. The van der Waals surface area contributed by atoms with E-state index in [1.807, 2.05) is 24.3 Å². The molecule has 1 aromatic carbocycles. The summed E-state index contributed by atoms with van der Waals surface area (Å²) in [5.74, 6) is 0.409. The molecule has 0 aromatic heterocycles. The molecule has 0 bridgehead atoms. The monoisotopic (exact) mass is 202 g/mol. The molecule has 0 nitrogen and oxygen atoms in total. The van der Waals surface area contributed by atoms with Crippen LogP contribution >= 0.6 is 23.2 Å². The van der Waals surface area contributed by atoms with Crippen LogP contribution in [0.15, 0.2) is 24.3 Å². The van der Waals surface area contributed by atoms with Gasteiger partial charge in [-0.1, -0.05) is 43.6 Å². The summed E-state index contributed by atoms with van der Waals surface area (Å²) in [7, 11) is 0. The summed E-state index contributed by atoms with van der Waals surface area (Å²) in [6.45, 7) is 4.17. The fraction of sp³-hybridized carbons (Fsp3) is 0.400. The minimum absolute atomic E-state index is 0.0127. The maximum Gasteiger partial charge on any atom is 0.0622 e. The molecule has 0 aliphatic carbocycles. The van der Waals surface area contributed by atoms with E-state index in [9.17, 15) is 0 Å². The maximum atomic E-state index is 6.16. The van der Waals surface area contributed by atoms with Gasteiger partial charge in [-0.15, -0.1) is 11.6 Å². The Morgan fingerprint density at radius 1 is 1.17 bits per heavy atom. The predicted octanol–water partition coefficient (Wildman–Crippen LogP) is 4.28. The van der Waals surface area contributed by atoms with Gasteiger partial charge in [-0.05, 0) is 17.5 Å². The van der Waals surface area contributed by atoms with Crippen LogP contribution in [0.3, 0.4) is 0 Å². The summed E-state index contributed by atoms with van der Waals surface area (Å²) in [5.41, 5.74) is 1.02. The Hall–Kier alpha value is -0.200. The Labute approximate surface area is 83.5 Å². The zero-order valence-electron chi connectivity index (χ0n) is 7.22.